The number of rotatable bonds is 4. The summed E-state index contributed by atoms with van der Waals surface area (Å²) in [6, 6.07) is 0.808. The summed E-state index contributed by atoms with van der Waals surface area (Å²) >= 11 is 0. The maximum Gasteiger partial charge on any atom is 0.0290 e. The molecule has 1 aliphatic rings. The molecule has 1 fully saturated rings. The summed E-state index contributed by atoms with van der Waals surface area (Å²) in [5, 5.41) is 0. The van der Waals surface area contributed by atoms with Crippen LogP contribution in [0.2, 0.25) is 0 Å². The molecule has 70 valence electrons. The zero-order valence-corrected chi connectivity index (χ0v) is 8.47. The topological polar surface area (TPSA) is 3.24 Å². The Hall–Kier alpha value is -0.460. The molecule has 1 rings (SSSR count). The molecule has 0 N–H and O–H groups in total. The molecule has 0 radical (unpaired) electrons. The largest absolute Gasteiger partial charge is 0.372 e. The van der Waals surface area contributed by atoms with E-state index in [0.29, 0.717) is 0 Å². The second-order valence-corrected chi connectivity index (χ2v) is 3.74. The van der Waals surface area contributed by atoms with Crippen molar-refractivity contribution in [3.05, 3.63) is 12.3 Å². The molecule has 12 heavy (non-hydrogen) atoms. The summed E-state index contributed by atoms with van der Waals surface area (Å²) < 4.78 is 0. The predicted molar refractivity (Wildman–Crippen MR) is 54.1 cm³/mol. The number of hydrogen-bond donors (Lipinski definition) is 0. The summed E-state index contributed by atoms with van der Waals surface area (Å²) in [6.45, 7) is 9.84. The molecule has 1 saturated heterocycles. The molecule has 0 bridgehead atoms. The van der Waals surface area contributed by atoms with Crippen LogP contribution >= 0.6 is 0 Å². The highest BCUT2D eigenvalue weighted by molar-refractivity contribution is 5.03. The van der Waals surface area contributed by atoms with Gasteiger partial charge in [-0.2, -0.15) is 0 Å². The van der Waals surface area contributed by atoms with Gasteiger partial charge in [-0.25, -0.2) is 0 Å². The molecular weight excluding hydrogens is 146 g/mol. The van der Waals surface area contributed by atoms with Gasteiger partial charge in [0, 0.05) is 18.3 Å². The average molecular weight is 167 g/mol. The van der Waals surface area contributed by atoms with Gasteiger partial charge in [0.2, 0.25) is 0 Å². The second-order valence-electron chi connectivity index (χ2n) is 3.74. The van der Waals surface area contributed by atoms with Crippen LogP contribution in [0.4, 0.5) is 0 Å². The Kier molecular flexibility index (Phi) is 3.64. The van der Waals surface area contributed by atoms with E-state index in [0.717, 1.165) is 6.04 Å². The number of allylic oxidation sites excluding steroid dienone is 1. The predicted octanol–water partition coefficient (Wildman–Crippen LogP) is 3.17. The van der Waals surface area contributed by atoms with Gasteiger partial charge in [-0.3, -0.25) is 0 Å². The van der Waals surface area contributed by atoms with E-state index >= 15 is 0 Å². The normalized spacial score (nSPS) is 23.7. The molecule has 1 nitrogen and oxygen atoms in total. The maximum absolute atomic E-state index is 4.11. The Bertz CT molecular complexity index is 151. The van der Waals surface area contributed by atoms with Gasteiger partial charge in [0.25, 0.3) is 0 Å². The quantitative estimate of drug-likeness (QED) is 0.621. The Balaban J connectivity index is 2.45. The van der Waals surface area contributed by atoms with Crippen LogP contribution in [-0.4, -0.2) is 17.5 Å². The standard InChI is InChI=1S/C11H21N/c1-4-6-11-8-7-10(3)12(11)9-5-2/h11H,3-9H2,1-2H3. The van der Waals surface area contributed by atoms with Crippen LogP contribution in [0.3, 0.4) is 0 Å². The van der Waals surface area contributed by atoms with Crippen LogP contribution in [0.15, 0.2) is 12.3 Å². The summed E-state index contributed by atoms with van der Waals surface area (Å²) in [5.41, 5.74) is 1.37. The Labute approximate surface area is 76.5 Å². The fraction of sp³-hybridized carbons (Fsp3) is 0.818. The first-order chi connectivity index (χ1) is 5.79. The highest BCUT2D eigenvalue weighted by Crippen LogP contribution is 2.28. The fourth-order valence-corrected chi connectivity index (χ4v) is 2.11. The number of nitrogens with zero attached hydrogens (tertiary/aromatic N) is 1. The summed E-state index contributed by atoms with van der Waals surface area (Å²) in [6.07, 6.45) is 6.47. The van der Waals surface area contributed by atoms with Crippen LogP contribution in [-0.2, 0) is 0 Å². The fourth-order valence-electron chi connectivity index (χ4n) is 2.11. The molecule has 0 aromatic rings. The van der Waals surface area contributed by atoms with E-state index in [1.807, 2.05) is 0 Å². The first kappa shape index (κ1) is 9.63. The minimum Gasteiger partial charge on any atom is -0.372 e. The van der Waals surface area contributed by atoms with E-state index < -0.39 is 0 Å². The number of likely N-dealkylation sites (tertiary alicyclic amines) is 1. The molecule has 1 atom stereocenters. The maximum atomic E-state index is 4.11. The molecule has 0 amide bonds. The van der Waals surface area contributed by atoms with Crippen molar-refractivity contribution in [3.63, 3.8) is 0 Å². The van der Waals surface area contributed by atoms with Crippen LogP contribution in [0.1, 0.15) is 46.0 Å². The minimum atomic E-state index is 0.808. The molecule has 1 heteroatoms. The highest BCUT2D eigenvalue weighted by atomic mass is 15.2. The van der Waals surface area contributed by atoms with E-state index in [-0.39, 0.29) is 0 Å². The Morgan fingerprint density at radius 1 is 1.42 bits per heavy atom. The molecule has 0 aromatic carbocycles. The molecule has 0 aromatic heterocycles. The van der Waals surface area contributed by atoms with Crippen LogP contribution in [0, 0.1) is 0 Å². The lowest BCUT2D eigenvalue weighted by atomic mass is 10.1. The molecule has 1 unspecified atom stereocenters. The zero-order chi connectivity index (χ0) is 8.97. The van der Waals surface area contributed by atoms with Crippen molar-refractivity contribution in [1.29, 1.82) is 0 Å². The van der Waals surface area contributed by atoms with Gasteiger partial charge < -0.3 is 4.90 Å². The molecule has 1 aliphatic heterocycles. The first-order valence-electron chi connectivity index (χ1n) is 5.24. The van der Waals surface area contributed by atoms with E-state index in [1.54, 1.807) is 0 Å². The van der Waals surface area contributed by atoms with E-state index in [4.69, 9.17) is 0 Å². The smallest absolute Gasteiger partial charge is 0.0290 e. The van der Waals surface area contributed by atoms with Gasteiger partial charge in [0.05, 0.1) is 0 Å². The lowest BCUT2D eigenvalue weighted by Gasteiger charge is -2.26. The molecular formula is C11H21N. The van der Waals surface area contributed by atoms with Gasteiger partial charge in [-0.15, -0.1) is 0 Å². The average Bonchev–Trinajstić information content (AvgIpc) is 2.37. The highest BCUT2D eigenvalue weighted by Gasteiger charge is 2.24. The summed E-state index contributed by atoms with van der Waals surface area (Å²) in [5.74, 6) is 0. The van der Waals surface area contributed by atoms with Crippen molar-refractivity contribution in [3.8, 4) is 0 Å². The molecule has 0 saturated carbocycles. The van der Waals surface area contributed by atoms with E-state index in [9.17, 15) is 0 Å². The van der Waals surface area contributed by atoms with Gasteiger partial charge in [0.15, 0.2) is 0 Å². The van der Waals surface area contributed by atoms with Gasteiger partial charge in [-0.1, -0.05) is 26.8 Å². The van der Waals surface area contributed by atoms with Crippen LogP contribution < -0.4 is 0 Å². The van der Waals surface area contributed by atoms with Crippen molar-refractivity contribution in [2.75, 3.05) is 6.54 Å². The van der Waals surface area contributed by atoms with Crippen molar-refractivity contribution < 1.29 is 0 Å². The molecule has 0 aliphatic carbocycles. The van der Waals surface area contributed by atoms with Crippen LogP contribution in [0.25, 0.3) is 0 Å². The molecule has 1 heterocycles. The van der Waals surface area contributed by atoms with E-state index in [2.05, 4.69) is 25.3 Å². The third-order valence-electron chi connectivity index (χ3n) is 2.70. The number of hydrogen-bond acceptors (Lipinski definition) is 1. The Morgan fingerprint density at radius 2 is 2.17 bits per heavy atom. The van der Waals surface area contributed by atoms with Crippen molar-refractivity contribution in [2.45, 2.75) is 52.0 Å². The lowest BCUT2D eigenvalue weighted by Crippen LogP contribution is -2.28. The van der Waals surface area contributed by atoms with Crippen molar-refractivity contribution >= 4 is 0 Å². The zero-order valence-electron chi connectivity index (χ0n) is 8.47. The summed E-state index contributed by atoms with van der Waals surface area (Å²) in [7, 11) is 0. The second kappa shape index (κ2) is 4.54. The Morgan fingerprint density at radius 3 is 2.75 bits per heavy atom. The molecule has 0 spiro atoms. The van der Waals surface area contributed by atoms with E-state index in [1.165, 1.54) is 44.3 Å². The van der Waals surface area contributed by atoms with Crippen molar-refractivity contribution in [2.24, 2.45) is 0 Å². The lowest BCUT2D eigenvalue weighted by molar-refractivity contribution is 0.279. The van der Waals surface area contributed by atoms with Gasteiger partial charge >= 0.3 is 0 Å². The first-order valence-corrected chi connectivity index (χ1v) is 5.24. The third-order valence-corrected chi connectivity index (χ3v) is 2.70. The van der Waals surface area contributed by atoms with Gasteiger partial charge in [-0.05, 0) is 25.7 Å². The third kappa shape index (κ3) is 2.02. The van der Waals surface area contributed by atoms with Crippen molar-refractivity contribution in [1.82, 2.24) is 4.90 Å². The van der Waals surface area contributed by atoms with Crippen LogP contribution in [0.5, 0.6) is 0 Å². The SMILES string of the molecule is C=C1CCC(CCC)N1CCC. The van der Waals surface area contributed by atoms with Gasteiger partial charge in [0.1, 0.15) is 0 Å². The monoisotopic (exact) mass is 167 g/mol. The minimum absolute atomic E-state index is 0.808. The summed E-state index contributed by atoms with van der Waals surface area (Å²) in [4.78, 5) is 2.52.